The molecule has 1 aromatic heterocycles. The number of hydrogen-bond donors (Lipinski definition) is 1. The van der Waals surface area contributed by atoms with E-state index >= 15 is 0 Å². The fourth-order valence-corrected chi connectivity index (χ4v) is 2.16. The van der Waals surface area contributed by atoms with Gasteiger partial charge in [0.15, 0.2) is 14.9 Å². The quantitative estimate of drug-likeness (QED) is 0.936. The van der Waals surface area contributed by atoms with Crippen LogP contribution in [0.4, 0.5) is 10.5 Å². The summed E-state index contributed by atoms with van der Waals surface area (Å²) in [5.74, 6) is 0. The summed E-state index contributed by atoms with van der Waals surface area (Å²) in [5.41, 5.74) is 1.17. The zero-order chi connectivity index (χ0) is 15.3. The number of rotatable bonds is 4. The van der Waals surface area contributed by atoms with Crippen LogP contribution in [0, 0.1) is 0 Å². The lowest BCUT2D eigenvalue weighted by atomic mass is 10.2. The van der Waals surface area contributed by atoms with E-state index in [-0.39, 0.29) is 11.6 Å². The molecule has 0 radical (unpaired) electrons. The number of carbonyl (C=O) groups excluding carboxylic acids is 1. The Kier molecular flexibility index (Phi) is 4.54. The minimum atomic E-state index is -3.42. The van der Waals surface area contributed by atoms with Crippen LogP contribution in [-0.2, 0) is 21.2 Å². The molecule has 0 saturated carbocycles. The highest BCUT2D eigenvalue weighted by molar-refractivity contribution is 7.90. The monoisotopic (exact) mass is 306 g/mol. The van der Waals surface area contributed by atoms with Gasteiger partial charge in [0.1, 0.15) is 6.61 Å². The highest BCUT2D eigenvalue weighted by atomic mass is 32.2. The zero-order valence-corrected chi connectivity index (χ0v) is 12.1. The van der Waals surface area contributed by atoms with Gasteiger partial charge in [0.05, 0.1) is 0 Å². The van der Waals surface area contributed by atoms with Gasteiger partial charge in [-0.1, -0.05) is 30.3 Å². The normalized spacial score (nSPS) is 10.9. The highest BCUT2D eigenvalue weighted by Gasteiger charge is 2.11. The first-order valence-corrected chi connectivity index (χ1v) is 7.98. The van der Waals surface area contributed by atoms with Gasteiger partial charge < -0.3 is 4.74 Å². The van der Waals surface area contributed by atoms with Gasteiger partial charge in [0, 0.05) is 18.1 Å². The molecule has 1 N–H and O–H groups in total. The number of hydrogen-bond acceptors (Lipinski definition) is 5. The van der Waals surface area contributed by atoms with E-state index in [4.69, 9.17) is 4.74 Å². The van der Waals surface area contributed by atoms with Gasteiger partial charge >= 0.3 is 6.09 Å². The lowest BCUT2D eigenvalue weighted by molar-refractivity contribution is 0.155. The van der Waals surface area contributed by atoms with Crippen LogP contribution in [0.3, 0.4) is 0 Å². The summed E-state index contributed by atoms with van der Waals surface area (Å²) in [6, 6.07) is 12.0. The third-order valence-electron chi connectivity index (χ3n) is 2.57. The average Bonchev–Trinajstić information content (AvgIpc) is 2.46. The van der Waals surface area contributed by atoms with E-state index in [0.717, 1.165) is 11.8 Å². The molecule has 0 bridgehead atoms. The lowest BCUT2D eigenvalue weighted by Gasteiger charge is -2.07. The SMILES string of the molecule is CS(=O)(=O)c1cc(NC(=O)OCc2ccccc2)ccn1. The lowest BCUT2D eigenvalue weighted by Crippen LogP contribution is -2.14. The molecule has 0 aliphatic carbocycles. The van der Waals surface area contributed by atoms with Gasteiger partial charge in [-0.2, -0.15) is 0 Å². The Balaban J connectivity index is 1.97. The number of nitrogens with zero attached hydrogens (tertiary/aromatic N) is 1. The average molecular weight is 306 g/mol. The molecule has 1 amide bonds. The standard InChI is InChI=1S/C14H14N2O4S/c1-21(18,19)13-9-12(7-8-15-13)16-14(17)20-10-11-5-3-2-4-6-11/h2-9H,10H2,1H3,(H,15,16,17). The first kappa shape index (κ1) is 15.0. The molecular formula is C14H14N2O4S. The summed E-state index contributed by atoms with van der Waals surface area (Å²) in [6.07, 6.45) is 1.69. The summed E-state index contributed by atoms with van der Waals surface area (Å²) in [4.78, 5) is 15.4. The molecule has 0 fully saturated rings. The highest BCUT2D eigenvalue weighted by Crippen LogP contribution is 2.13. The molecule has 21 heavy (non-hydrogen) atoms. The van der Waals surface area contributed by atoms with E-state index < -0.39 is 15.9 Å². The maximum absolute atomic E-state index is 11.6. The molecule has 0 aliphatic heterocycles. The van der Waals surface area contributed by atoms with E-state index in [2.05, 4.69) is 10.3 Å². The van der Waals surface area contributed by atoms with E-state index in [1.165, 1.54) is 18.3 Å². The number of pyridine rings is 1. The maximum Gasteiger partial charge on any atom is 0.411 e. The van der Waals surface area contributed by atoms with Crippen LogP contribution in [0.25, 0.3) is 0 Å². The molecule has 1 aromatic carbocycles. The number of sulfone groups is 1. The van der Waals surface area contributed by atoms with Gasteiger partial charge in [-0.3, -0.25) is 5.32 Å². The van der Waals surface area contributed by atoms with Gasteiger partial charge in [0.25, 0.3) is 0 Å². The second-order valence-electron chi connectivity index (χ2n) is 4.34. The second kappa shape index (κ2) is 6.36. The largest absolute Gasteiger partial charge is 0.444 e. The van der Waals surface area contributed by atoms with E-state index in [9.17, 15) is 13.2 Å². The van der Waals surface area contributed by atoms with Crippen LogP contribution in [0.5, 0.6) is 0 Å². The first-order chi connectivity index (χ1) is 9.95. The van der Waals surface area contributed by atoms with Gasteiger partial charge in [-0.05, 0) is 17.7 Å². The van der Waals surface area contributed by atoms with Crippen molar-refractivity contribution in [3.63, 3.8) is 0 Å². The number of aromatic nitrogens is 1. The predicted octanol–water partition coefficient (Wildman–Crippen LogP) is 2.23. The molecule has 0 spiro atoms. The number of nitrogens with one attached hydrogen (secondary N) is 1. The Labute approximate surface area is 122 Å². The van der Waals surface area contributed by atoms with Crippen LogP contribution in [0.1, 0.15) is 5.56 Å². The molecular weight excluding hydrogens is 292 g/mol. The Hall–Kier alpha value is -2.41. The van der Waals surface area contributed by atoms with E-state index in [1.54, 1.807) is 0 Å². The number of ether oxygens (including phenoxy) is 1. The molecule has 110 valence electrons. The zero-order valence-electron chi connectivity index (χ0n) is 11.3. The van der Waals surface area contributed by atoms with Crippen molar-refractivity contribution in [2.45, 2.75) is 11.6 Å². The molecule has 0 atom stereocenters. The third-order valence-corrected chi connectivity index (χ3v) is 3.56. The van der Waals surface area contributed by atoms with Gasteiger partial charge in [0.2, 0.25) is 0 Å². The summed E-state index contributed by atoms with van der Waals surface area (Å²) >= 11 is 0. The Morgan fingerprint density at radius 2 is 1.95 bits per heavy atom. The van der Waals surface area contributed by atoms with E-state index in [0.29, 0.717) is 5.69 Å². The van der Waals surface area contributed by atoms with Crippen molar-refractivity contribution < 1.29 is 17.9 Å². The third kappa shape index (κ3) is 4.57. The van der Waals surface area contributed by atoms with Gasteiger partial charge in [-0.25, -0.2) is 18.2 Å². The van der Waals surface area contributed by atoms with Crippen molar-refractivity contribution in [2.75, 3.05) is 11.6 Å². The van der Waals surface area contributed by atoms with Crippen LogP contribution in [0.15, 0.2) is 53.7 Å². The topological polar surface area (TPSA) is 85.4 Å². The second-order valence-corrected chi connectivity index (χ2v) is 6.30. The molecule has 1 heterocycles. The molecule has 0 unspecified atom stereocenters. The molecule has 7 heteroatoms. The summed E-state index contributed by atoms with van der Waals surface area (Å²) in [6.45, 7) is 0.136. The minimum Gasteiger partial charge on any atom is -0.444 e. The van der Waals surface area contributed by atoms with Crippen LogP contribution in [-0.4, -0.2) is 25.8 Å². The number of anilines is 1. The minimum absolute atomic E-state index is 0.108. The van der Waals surface area contributed by atoms with Crippen molar-refractivity contribution in [3.05, 3.63) is 54.2 Å². The van der Waals surface area contributed by atoms with E-state index in [1.807, 2.05) is 30.3 Å². The maximum atomic E-state index is 11.6. The van der Waals surface area contributed by atoms with Crippen molar-refractivity contribution in [1.29, 1.82) is 0 Å². The smallest absolute Gasteiger partial charge is 0.411 e. The molecule has 0 aliphatic rings. The first-order valence-electron chi connectivity index (χ1n) is 6.09. The predicted molar refractivity (Wildman–Crippen MR) is 77.6 cm³/mol. The Morgan fingerprint density at radius 1 is 1.24 bits per heavy atom. The number of carbonyl (C=O) groups is 1. The number of benzene rings is 1. The van der Waals surface area contributed by atoms with Crippen molar-refractivity contribution in [3.8, 4) is 0 Å². The Bertz CT molecular complexity index is 730. The van der Waals surface area contributed by atoms with Crippen LogP contribution in [0.2, 0.25) is 0 Å². The van der Waals surface area contributed by atoms with Gasteiger partial charge in [-0.15, -0.1) is 0 Å². The number of amides is 1. The van der Waals surface area contributed by atoms with Crippen LogP contribution >= 0.6 is 0 Å². The van der Waals surface area contributed by atoms with Crippen LogP contribution < -0.4 is 5.32 Å². The Morgan fingerprint density at radius 3 is 2.62 bits per heavy atom. The molecule has 2 rings (SSSR count). The molecule has 0 saturated heterocycles. The molecule has 6 nitrogen and oxygen atoms in total. The molecule has 2 aromatic rings. The summed E-state index contributed by atoms with van der Waals surface area (Å²) in [5, 5.41) is 2.35. The van der Waals surface area contributed by atoms with Crippen molar-refractivity contribution in [2.24, 2.45) is 0 Å². The summed E-state index contributed by atoms with van der Waals surface area (Å²) < 4.78 is 27.8. The van der Waals surface area contributed by atoms with Crippen molar-refractivity contribution in [1.82, 2.24) is 4.98 Å². The van der Waals surface area contributed by atoms with Crippen molar-refractivity contribution >= 4 is 21.6 Å². The summed E-state index contributed by atoms with van der Waals surface area (Å²) in [7, 11) is -3.42. The fraction of sp³-hybridized carbons (Fsp3) is 0.143. The fourth-order valence-electron chi connectivity index (χ4n) is 1.57.